The largest absolute Gasteiger partial charge is 0.497 e. The third-order valence-electron chi connectivity index (χ3n) is 3.88. The van der Waals surface area contributed by atoms with Gasteiger partial charge in [-0.15, -0.1) is 0 Å². The van der Waals surface area contributed by atoms with E-state index in [1.807, 2.05) is 31.3 Å². The minimum absolute atomic E-state index is 0.606. The van der Waals surface area contributed by atoms with E-state index in [0.29, 0.717) is 6.61 Å². The van der Waals surface area contributed by atoms with Gasteiger partial charge in [-0.3, -0.25) is 4.99 Å². The Morgan fingerprint density at radius 2 is 2.05 bits per heavy atom. The van der Waals surface area contributed by atoms with Crippen molar-refractivity contribution in [2.75, 3.05) is 40.4 Å². The van der Waals surface area contributed by atoms with Crippen molar-refractivity contribution in [2.24, 2.45) is 10.9 Å². The van der Waals surface area contributed by atoms with Crippen molar-refractivity contribution < 1.29 is 9.47 Å². The summed E-state index contributed by atoms with van der Waals surface area (Å²) in [5.41, 5.74) is 0. The molecular formula is C17H27N3O2. The zero-order valence-corrected chi connectivity index (χ0v) is 13.8. The summed E-state index contributed by atoms with van der Waals surface area (Å²) in [6, 6.07) is 7.63. The van der Waals surface area contributed by atoms with Crippen molar-refractivity contribution in [3.63, 3.8) is 0 Å². The molecule has 1 saturated heterocycles. The van der Waals surface area contributed by atoms with Crippen molar-refractivity contribution in [1.82, 2.24) is 10.2 Å². The first-order valence-electron chi connectivity index (χ1n) is 7.95. The molecule has 1 aromatic rings. The summed E-state index contributed by atoms with van der Waals surface area (Å²) in [6.07, 6.45) is 2.55. The quantitative estimate of drug-likeness (QED) is 0.515. The second-order valence-corrected chi connectivity index (χ2v) is 5.69. The van der Waals surface area contributed by atoms with Gasteiger partial charge in [0, 0.05) is 20.1 Å². The number of rotatable bonds is 5. The number of hydrogen-bond acceptors (Lipinski definition) is 3. The number of ether oxygens (including phenoxy) is 2. The lowest BCUT2D eigenvalue weighted by Crippen LogP contribution is -2.47. The van der Waals surface area contributed by atoms with Crippen LogP contribution in [0.4, 0.5) is 0 Å². The van der Waals surface area contributed by atoms with Gasteiger partial charge in [-0.05, 0) is 43.0 Å². The van der Waals surface area contributed by atoms with Crippen molar-refractivity contribution in [2.45, 2.75) is 19.8 Å². The Kier molecular flexibility index (Phi) is 6.37. The maximum atomic E-state index is 5.72. The van der Waals surface area contributed by atoms with E-state index in [-0.39, 0.29) is 0 Å². The molecule has 5 nitrogen and oxygen atoms in total. The van der Waals surface area contributed by atoms with E-state index >= 15 is 0 Å². The van der Waals surface area contributed by atoms with Crippen LogP contribution >= 0.6 is 0 Å². The molecule has 0 spiro atoms. The molecule has 0 aromatic heterocycles. The fourth-order valence-electron chi connectivity index (χ4n) is 2.72. The number of nitrogens with one attached hydrogen (secondary N) is 1. The standard InChI is InChI=1S/C17H27N3O2/c1-14-5-4-11-20(13-14)17(18-2)19-10-12-22-16-8-6-15(21-3)7-9-16/h6-9,14H,4-5,10-13H2,1-3H3,(H,18,19). The average Bonchev–Trinajstić information content (AvgIpc) is 2.55. The maximum Gasteiger partial charge on any atom is 0.193 e. The van der Waals surface area contributed by atoms with Crippen LogP contribution in [-0.4, -0.2) is 51.3 Å². The van der Waals surface area contributed by atoms with Crippen LogP contribution in [0.3, 0.4) is 0 Å². The minimum atomic E-state index is 0.606. The topological polar surface area (TPSA) is 46.1 Å². The highest BCUT2D eigenvalue weighted by atomic mass is 16.5. The summed E-state index contributed by atoms with van der Waals surface area (Å²) in [6.45, 7) is 5.81. The Morgan fingerprint density at radius 1 is 1.32 bits per heavy atom. The molecular weight excluding hydrogens is 278 g/mol. The third kappa shape index (κ3) is 4.83. The fourth-order valence-corrected chi connectivity index (χ4v) is 2.72. The Bertz CT molecular complexity index is 473. The zero-order chi connectivity index (χ0) is 15.8. The minimum Gasteiger partial charge on any atom is -0.497 e. The van der Waals surface area contributed by atoms with Crippen molar-refractivity contribution in [3.8, 4) is 11.5 Å². The van der Waals surface area contributed by atoms with E-state index in [4.69, 9.17) is 9.47 Å². The number of guanidine groups is 1. The molecule has 1 heterocycles. The molecule has 1 N–H and O–H groups in total. The first kappa shape index (κ1) is 16.5. The van der Waals surface area contributed by atoms with Crippen LogP contribution in [0.15, 0.2) is 29.3 Å². The highest BCUT2D eigenvalue weighted by Gasteiger charge is 2.18. The Balaban J connectivity index is 1.72. The number of methoxy groups -OCH3 is 1. The molecule has 1 aliphatic rings. The van der Waals surface area contributed by atoms with Crippen LogP contribution in [0.5, 0.6) is 11.5 Å². The molecule has 0 aliphatic carbocycles. The Hall–Kier alpha value is -1.91. The number of hydrogen-bond donors (Lipinski definition) is 1. The number of benzene rings is 1. The molecule has 22 heavy (non-hydrogen) atoms. The van der Waals surface area contributed by atoms with E-state index < -0.39 is 0 Å². The lowest BCUT2D eigenvalue weighted by atomic mass is 10.0. The molecule has 1 atom stereocenters. The summed E-state index contributed by atoms with van der Waals surface area (Å²) < 4.78 is 10.8. The highest BCUT2D eigenvalue weighted by molar-refractivity contribution is 5.79. The van der Waals surface area contributed by atoms with Gasteiger partial charge in [-0.1, -0.05) is 6.92 Å². The van der Waals surface area contributed by atoms with E-state index in [0.717, 1.165) is 43.0 Å². The summed E-state index contributed by atoms with van der Waals surface area (Å²) in [5, 5.41) is 3.38. The average molecular weight is 305 g/mol. The van der Waals surface area contributed by atoms with E-state index in [2.05, 4.69) is 22.1 Å². The van der Waals surface area contributed by atoms with Crippen LogP contribution < -0.4 is 14.8 Å². The molecule has 0 bridgehead atoms. The molecule has 1 fully saturated rings. The van der Waals surface area contributed by atoms with Crippen molar-refractivity contribution in [1.29, 1.82) is 0 Å². The molecule has 2 rings (SSSR count). The number of likely N-dealkylation sites (tertiary alicyclic amines) is 1. The number of piperidine rings is 1. The first-order chi connectivity index (χ1) is 10.7. The first-order valence-corrected chi connectivity index (χ1v) is 7.95. The van der Waals surface area contributed by atoms with Gasteiger partial charge >= 0.3 is 0 Å². The molecule has 0 saturated carbocycles. The summed E-state index contributed by atoms with van der Waals surface area (Å²) in [4.78, 5) is 6.71. The van der Waals surface area contributed by atoms with Crippen LogP contribution in [0.2, 0.25) is 0 Å². The van der Waals surface area contributed by atoms with Crippen molar-refractivity contribution >= 4 is 5.96 Å². The van der Waals surface area contributed by atoms with Gasteiger partial charge < -0.3 is 19.7 Å². The fraction of sp³-hybridized carbons (Fsp3) is 0.588. The van der Waals surface area contributed by atoms with Gasteiger partial charge in [0.05, 0.1) is 13.7 Å². The summed E-state index contributed by atoms with van der Waals surface area (Å²) in [7, 11) is 3.50. The molecule has 5 heteroatoms. The predicted molar refractivity (Wildman–Crippen MR) is 89.8 cm³/mol. The van der Waals surface area contributed by atoms with E-state index in [1.54, 1.807) is 7.11 Å². The molecule has 122 valence electrons. The number of nitrogens with zero attached hydrogens (tertiary/aromatic N) is 2. The van der Waals surface area contributed by atoms with Crippen LogP contribution in [0.1, 0.15) is 19.8 Å². The molecule has 0 amide bonds. The highest BCUT2D eigenvalue weighted by Crippen LogP contribution is 2.17. The maximum absolute atomic E-state index is 5.72. The van der Waals surface area contributed by atoms with Crippen LogP contribution in [-0.2, 0) is 0 Å². The zero-order valence-electron chi connectivity index (χ0n) is 13.8. The second kappa shape index (κ2) is 8.51. The van der Waals surface area contributed by atoms with Crippen molar-refractivity contribution in [3.05, 3.63) is 24.3 Å². The number of aliphatic imine (C=N–C) groups is 1. The van der Waals surface area contributed by atoms with Gasteiger partial charge in [0.15, 0.2) is 5.96 Å². The molecule has 0 radical (unpaired) electrons. The Morgan fingerprint density at radius 3 is 2.68 bits per heavy atom. The SMILES string of the molecule is CN=C(NCCOc1ccc(OC)cc1)N1CCCC(C)C1. The third-order valence-corrected chi connectivity index (χ3v) is 3.88. The van der Waals surface area contributed by atoms with Gasteiger partial charge in [-0.25, -0.2) is 0 Å². The lowest BCUT2D eigenvalue weighted by molar-refractivity contribution is 0.262. The van der Waals surface area contributed by atoms with E-state index in [9.17, 15) is 0 Å². The van der Waals surface area contributed by atoms with Crippen LogP contribution in [0, 0.1) is 5.92 Å². The summed E-state index contributed by atoms with van der Waals surface area (Å²) >= 11 is 0. The molecule has 1 aliphatic heterocycles. The van der Waals surface area contributed by atoms with Gasteiger partial charge in [0.2, 0.25) is 0 Å². The smallest absolute Gasteiger partial charge is 0.193 e. The van der Waals surface area contributed by atoms with Gasteiger partial charge in [-0.2, -0.15) is 0 Å². The van der Waals surface area contributed by atoms with Crippen LogP contribution in [0.25, 0.3) is 0 Å². The molecule has 1 aromatic carbocycles. The molecule has 1 unspecified atom stereocenters. The second-order valence-electron chi connectivity index (χ2n) is 5.69. The Labute approximate surface area is 133 Å². The predicted octanol–water partition coefficient (Wildman–Crippen LogP) is 2.38. The normalized spacial score (nSPS) is 19.0. The van der Waals surface area contributed by atoms with Gasteiger partial charge in [0.25, 0.3) is 0 Å². The van der Waals surface area contributed by atoms with Gasteiger partial charge in [0.1, 0.15) is 18.1 Å². The lowest BCUT2D eigenvalue weighted by Gasteiger charge is -2.33. The monoisotopic (exact) mass is 305 g/mol. The van der Waals surface area contributed by atoms with E-state index in [1.165, 1.54) is 12.8 Å². The summed E-state index contributed by atoms with van der Waals surface area (Å²) in [5.74, 6) is 3.40.